The van der Waals surface area contributed by atoms with E-state index in [9.17, 15) is 18.0 Å². The maximum atomic E-state index is 12.8. The molecule has 144 valence electrons. The van der Waals surface area contributed by atoms with Crippen molar-refractivity contribution in [2.75, 3.05) is 13.1 Å². The standard InChI is InChI=1S/C20H27F3N2O/c1-14(16-8-10-24-11-9-16)12-19(26)25(18-6-7-18)13-15-2-4-17(5-3-15)20(21,22)23/h2-5,14,16,18,24H,6-13H2,1H3. The molecule has 3 nitrogen and oxygen atoms in total. The molecule has 0 spiro atoms. The van der Waals surface area contributed by atoms with Gasteiger partial charge in [-0.15, -0.1) is 0 Å². The average Bonchev–Trinajstić information content (AvgIpc) is 3.45. The molecule has 26 heavy (non-hydrogen) atoms. The predicted molar refractivity (Wildman–Crippen MR) is 94.4 cm³/mol. The van der Waals surface area contributed by atoms with E-state index in [4.69, 9.17) is 0 Å². The monoisotopic (exact) mass is 368 g/mol. The summed E-state index contributed by atoms with van der Waals surface area (Å²) in [6.45, 7) is 4.58. The molecule has 1 aliphatic carbocycles. The van der Waals surface area contributed by atoms with Gasteiger partial charge in [0.05, 0.1) is 5.56 Å². The van der Waals surface area contributed by atoms with Crippen LogP contribution in [0.2, 0.25) is 0 Å². The number of carbonyl (C=O) groups is 1. The first-order valence-corrected chi connectivity index (χ1v) is 9.51. The van der Waals surface area contributed by atoms with Crippen LogP contribution in [0.1, 0.15) is 50.2 Å². The van der Waals surface area contributed by atoms with Gasteiger partial charge in [0.2, 0.25) is 5.91 Å². The molecule has 1 saturated heterocycles. The predicted octanol–water partition coefficient (Wildman–Crippen LogP) is 4.22. The normalized spacial score (nSPS) is 20.0. The number of carbonyl (C=O) groups excluding carboxylic acids is 1. The Balaban J connectivity index is 1.60. The van der Waals surface area contributed by atoms with E-state index in [1.807, 2.05) is 4.90 Å². The molecule has 1 N–H and O–H groups in total. The van der Waals surface area contributed by atoms with Crippen LogP contribution in [0.15, 0.2) is 24.3 Å². The number of hydrogen-bond acceptors (Lipinski definition) is 2. The molecule has 1 aromatic rings. The van der Waals surface area contributed by atoms with E-state index in [2.05, 4.69) is 12.2 Å². The van der Waals surface area contributed by atoms with Crippen LogP contribution >= 0.6 is 0 Å². The summed E-state index contributed by atoms with van der Waals surface area (Å²) in [4.78, 5) is 14.7. The average molecular weight is 368 g/mol. The van der Waals surface area contributed by atoms with Crippen molar-refractivity contribution in [3.63, 3.8) is 0 Å². The lowest BCUT2D eigenvalue weighted by Gasteiger charge is -2.30. The van der Waals surface area contributed by atoms with Crippen LogP contribution in [-0.4, -0.2) is 29.9 Å². The molecule has 0 aromatic heterocycles. The minimum absolute atomic E-state index is 0.137. The number of rotatable bonds is 6. The van der Waals surface area contributed by atoms with Crippen LogP contribution in [0.4, 0.5) is 13.2 Å². The molecule has 0 radical (unpaired) electrons. The zero-order valence-corrected chi connectivity index (χ0v) is 15.2. The summed E-state index contributed by atoms with van der Waals surface area (Å²) in [6, 6.07) is 5.43. The maximum Gasteiger partial charge on any atom is 0.416 e. The Morgan fingerprint density at radius 1 is 1.15 bits per heavy atom. The number of nitrogens with one attached hydrogen (secondary N) is 1. The van der Waals surface area contributed by atoms with E-state index in [-0.39, 0.29) is 11.9 Å². The number of alkyl halides is 3. The largest absolute Gasteiger partial charge is 0.416 e. The second-order valence-corrected chi connectivity index (χ2v) is 7.72. The van der Waals surface area contributed by atoms with E-state index in [1.54, 1.807) is 0 Å². The first-order chi connectivity index (χ1) is 12.3. The van der Waals surface area contributed by atoms with E-state index in [0.29, 0.717) is 24.8 Å². The fraction of sp³-hybridized carbons (Fsp3) is 0.650. The highest BCUT2D eigenvalue weighted by atomic mass is 19.4. The lowest BCUT2D eigenvalue weighted by Crippen LogP contribution is -2.36. The lowest BCUT2D eigenvalue weighted by atomic mass is 9.84. The molecule has 1 amide bonds. The zero-order chi connectivity index (χ0) is 18.7. The number of hydrogen-bond donors (Lipinski definition) is 1. The van der Waals surface area contributed by atoms with Gasteiger partial charge in [-0.1, -0.05) is 19.1 Å². The second kappa shape index (κ2) is 7.99. The molecule has 1 heterocycles. The van der Waals surface area contributed by atoms with Gasteiger partial charge in [-0.3, -0.25) is 4.79 Å². The summed E-state index contributed by atoms with van der Waals surface area (Å²) in [5.74, 6) is 1.06. The zero-order valence-electron chi connectivity index (χ0n) is 15.2. The molecule has 2 aliphatic rings. The Hall–Kier alpha value is -1.56. The maximum absolute atomic E-state index is 12.8. The minimum atomic E-state index is -4.32. The molecule has 2 fully saturated rings. The lowest BCUT2D eigenvalue weighted by molar-refractivity contribution is -0.137. The summed E-state index contributed by atoms with van der Waals surface area (Å²) in [5.41, 5.74) is 0.109. The Bertz CT molecular complexity index is 604. The number of benzene rings is 1. The molecule has 1 atom stereocenters. The van der Waals surface area contributed by atoms with Gasteiger partial charge < -0.3 is 10.2 Å². The Kier molecular flexibility index (Phi) is 5.90. The van der Waals surface area contributed by atoms with Gasteiger partial charge in [0.25, 0.3) is 0 Å². The molecule has 1 unspecified atom stereocenters. The first-order valence-electron chi connectivity index (χ1n) is 9.51. The molecule has 3 rings (SSSR count). The van der Waals surface area contributed by atoms with Crippen molar-refractivity contribution in [3.05, 3.63) is 35.4 Å². The van der Waals surface area contributed by atoms with Crippen molar-refractivity contribution in [1.29, 1.82) is 0 Å². The van der Waals surface area contributed by atoms with Crippen LogP contribution in [0.5, 0.6) is 0 Å². The van der Waals surface area contributed by atoms with E-state index in [0.717, 1.165) is 56.5 Å². The van der Waals surface area contributed by atoms with Crippen LogP contribution in [0.25, 0.3) is 0 Å². The number of nitrogens with zero attached hydrogens (tertiary/aromatic N) is 1. The van der Waals surface area contributed by atoms with Crippen molar-refractivity contribution in [2.24, 2.45) is 11.8 Å². The second-order valence-electron chi connectivity index (χ2n) is 7.72. The van der Waals surface area contributed by atoms with E-state index >= 15 is 0 Å². The van der Waals surface area contributed by atoms with Gasteiger partial charge >= 0.3 is 6.18 Å². The smallest absolute Gasteiger partial charge is 0.335 e. The molecule has 1 saturated carbocycles. The number of piperidine rings is 1. The van der Waals surface area contributed by atoms with Crippen molar-refractivity contribution in [3.8, 4) is 0 Å². The quantitative estimate of drug-likeness (QED) is 0.815. The Labute approximate surface area is 152 Å². The molecule has 1 aromatic carbocycles. The fourth-order valence-electron chi connectivity index (χ4n) is 3.78. The van der Waals surface area contributed by atoms with Crippen molar-refractivity contribution >= 4 is 5.91 Å². The summed E-state index contributed by atoms with van der Waals surface area (Å²) < 4.78 is 38.1. The van der Waals surface area contributed by atoms with Gasteiger partial charge in [0.1, 0.15) is 0 Å². The minimum Gasteiger partial charge on any atom is -0.335 e. The first kappa shape index (κ1) is 19.2. The fourth-order valence-corrected chi connectivity index (χ4v) is 3.78. The SMILES string of the molecule is CC(CC(=O)N(Cc1ccc(C(F)(F)F)cc1)C1CC1)C1CCNCC1. The summed E-state index contributed by atoms with van der Waals surface area (Å²) in [7, 11) is 0. The summed E-state index contributed by atoms with van der Waals surface area (Å²) in [5, 5.41) is 3.35. The van der Waals surface area contributed by atoms with E-state index < -0.39 is 11.7 Å². The third-order valence-corrected chi connectivity index (χ3v) is 5.63. The van der Waals surface area contributed by atoms with Crippen molar-refractivity contribution in [2.45, 2.75) is 57.8 Å². The highest BCUT2D eigenvalue weighted by Crippen LogP contribution is 2.33. The van der Waals surface area contributed by atoms with Crippen LogP contribution in [-0.2, 0) is 17.5 Å². The molecule has 0 bridgehead atoms. The topological polar surface area (TPSA) is 32.3 Å². The van der Waals surface area contributed by atoms with Crippen LogP contribution in [0, 0.1) is 11.8 Å². The van der Waals surface area contributed by atoms with Gasteiger partial charge in [-0.2, -0.15) is 13.2 Å². The summed E-state index contributed by atoms with van der Waals surface area (Å²) >= 11 is 0. The number of amides is 1. The van der Waals surface area contributed by atoms with Crippen LogP contribution in [0.3, 0.4) is 0 Å². The van der Waals surface area contributed by atoms with Crippen molar-refractivity contribution < 1.29 is 18.0 Å². The van der Waals surface area contributed by atoms with Gasteiger partial charge in [0, 0.05) is 19.0 Å². The van der Waals surface area contributed by atoms with E-state index in [1.165, 1.54) is 12.1 Å². The molecular weight excluding hydrogens is 341 g/mol. The van der Waals surface area contributed by atoms with Crippen molar-refractivity contribution in [1.82, 2.24) is 10.2 Å². The third-order valence-electron chi connectivity index (χ3n) is 5.63. The Morgan fingerprint density at radius 2 is 1.77 bits per heavy atom. The van der Waals surface area contributed by atoms with Gasteiger partial charge in [-0.25, -0.2) is 0 Å². The Morgan fingerprint density at radius 3 is 2.31 bits per heavy atom. The summed E-state index contributed by atoms with van der Waals surface area (Å²) in [6.07, 6.45) is 0.409. The van der Waals surface area contributed by atoms with Crippen LogP contribution < -0.4 is 5.32 Å². The third kappa shape index (κ3) is 5.00. The van der Waals surface area contributed by atoms with Gasteiger partial charge in [0.15, 0.2) is 0 Å². The molecular formula is C20H27F3N2O. The highest BCUT2D eigenvalue weighted by molar-refractivity contribution is 5.77. The van der Waals surface area contributed by atoms with Gasteiger partial charge in [-0.05, 0) is 68.3 Å². The molecule has 6 heteroatoms. The number of halogens is 3. The highest BCUT2D eigenvalue weighted by Gasteiger charge is 2.34. The molecule has 1 aliphatic heterocycles.